The molecule has 0 radical (unpaired) electrons. The number of carbonyl (C=O) groups excluding carboxylic acids is 2. The Hall–Kier alpha value is -2.53. The molecule has 1 amide bonds. The number of hydrogen-bond acceptors (Lipinski definition) is 4. The topological polar surface area (TPSA) is 75.6 Å². The van der Waals surface area contributed by atoms with E-state index in [4.69, 9.17) is 16.3 Å². The van der Waals surface area contributed by atoms with Crippen molar-refractivity contribution in [1.82, 2.24) is 5.32 Å². The number of esters is 1. The number of ether oxygens (including phenoxy) is 1. The molecule has 2 rings (SSSR count). The molecule has 2 aromatic carbocycles. The molecule has 0 heterocycles. The molecule has 0 fully saturated rings. The zero-order valence-electron chi connectivity index (χ0n) is 11.6. The highest BCUT2D eigenvalue weighted by molar-refractivity contribution is 6.31. The predicted octanol–water partition coefficient (Wildman–Crippen LogP) is 2.52. The van der Waals surface area contributed by atoms with E-state index in [9.17, 15) is 14.7 Å². The van der Waals surface area contributed by atoms with Crippen LogP contribution in [0.15, 0.2) is 48.5 Å². The minimum Gasteiger partial charge on any atom is -0.507 e. The van der Waals surface area contributed by atoms with Crippen LogP contribution in [-0.2, 0) is 16.1 Å². The molecule has 2 aromatic rings. The van der Waals surface area contributed by atoms with Crippen LogP contribution in [0.25, 0.3) is 0 Å². The van der Waals surface area contributed by atoms with E-state index in [2.05, 4.69) is 5.32 Å². The van der Waals surface area contributed by atoms with Gasteiger partial charge in [0.25, 0.3) is 5.91 Å². The minimum atomic E-state index is -0.810. The van der Waals surface area contributed by atoms with Crippen molar-refractivity contribution in [3.05, 3.63) is 64.7 Å². The SMILES string of the molecule is O=C(COC(=O)c1cc(Cl)ccc1O)NCc1ccccc1. The number of carbonyl (C=O) groups is 2. The Balaban J connectivity index is 1.83. The van der Waals surface area contributed by atoms with E-state index in [1.54, 1.807) is 0 Å². The standard InChI is InChI=1S/C16H14ClNO4/c17-12-6-7-14(19)13(8-12)16(21)22-10-15(20)18-9-11-4-2-1-3-5-11/h1-8,19H,9-10H2,(H,18,20). The van der Waals surface area contributed by atoms with Gasteiger partial charge in [0.05, 0.1) is 0 Å². The largest absolute Gasteiger partial charge is 0.507 e. The van der Waals surface area contributed by atoms with Crippen LogP contribution in [0.2, 0.25) is 5.02 Å². The Labute approximate surface area is 132 Å². The second kappa shape index (κ2) is 7.47. The quantitative estimate of drug-likeness (QED) is 0.830. The summed E-state index contributed by atoms with van der Waals surface area (Å²) in [5, 5.41) is 12.5. The van der Waals surface area contributed by atoms with Crippen molar-refractivity contribution < 1.29 is 19.4 Å². The van der Waals surface area contributed by atoms with E-state index >= 15 is 0 Å². The first kappa shape index (κ1) is 15.9. The van der Waals surface area contributed by atoms with Gasteiger partial charge in [0, 0.05) is 11.6 Å². The molecular formula is C16H14ClNO4. The zero-order chi connectivity index (χ0) is 15.9. The molecule has 0 aliphatic heterocycles. The second-order valence-corrected chi connectivity index (χ2v) is 4.94. The number of halogens is 1. The lowest BCUT2D eigenvalue weighted by Gasteiger charge is -2.08. The third-order valence-electron chi connectivity index (χ3n) is 2.85. The minimum absolute atomic E-state index is 0.0802. The van der Waals surface area contributed by atoms with Gasteiger partial charge in [-0.3, -0.25) is 4.79 Å². The first-order valence-electron chi connectivity index (χ1n) is 6.52. The van der Waals surface area contributed by atoms with E-state index in [-0.39, 0.29) is 11.3 Å². The van der Waals surface area contributed by atoms with Crippen LogP contribution >= 0.6 is 11.6 Å². The van der Waals surface area contributed by atoms with Crippen molar-refractivity contribution in [1.29, 1.82) is 0 Å². The molecular weight excluding hydrogens is 306 g/mol. The zero-order valence-corrected chi connectivity index (χ0v) is 12.3. The van der Waals surface area contributed by atoms with E-state index in [0.717, 1.165) is 5.56 Å². The third kappa shape index (κ3) is 4.49. The summed E-state index contributed by atoms with van der Waals surface area (Å²) in [5.74, 6) is -1.49. The number of aromatic hydroxyl groups is 1. The van der Waals surface area contributed by atoms with Crippen molar-refractivity contribution in [2.24, 2.45) is 0 Å². The second-order valence-electron chi connectivity index (χ2n) is 4.50. The Morgan fingerprint density at radius 2 is 1.86 bits per heavy atom. The first-order chi connectivity index (χ1) is 10.6. The van der Waals surface area contributed by atoms with Crippen LogP contribution in [-0.4, -0.2) is 23.6 Å². The van der Waals surface area contributed by atoms with Crippen LogP contribution in [0.3, 0.4) is 0 Å². The fourth-order valence-corrected chi connectivity index (χ4v) is 1.90. The van der Waals surface area contributed by atoms with Crippen LogP contribution in [0.1, 0.15) is 15.9 Å². The van der Waals surface area contributed by atoms with Crippen molar-refractivity contribution in [3.8, 4) is 5.75 Å². The Morgan fingerprint density at radius 3 is 2.59 bits per heavy atom. The highest BCUT2D eigenvalue weighted by Gasteiger charge is 2.14. The first-order valence-corrected chi connectivity index (χ1v) is 6.90. The third-order valence-corrected chi connectivity index (χ3v) is 3.08. The summed E-state index contributed by atoms with van der Waals surface area (Å²) >= 11 is 5.74. The summed E-state index contributed by atoms with van der Waals surface area (Å²) < 4.78 is 4.84. The number of hydrogen-bond donors (Lipinski definition) is 2. The molecule has 6 heteroatoms. The van der Waals surface area contributed by atoms with E-state index in [1.165, 1.54) is 18.2 Å². The Kier molecular flexibility index (Phi) is 5.38. The smallest absolute Gasteiger partial charge is 0.342 e. The van der Waals surface area contributed by atoms with Crippen molar-refractivity contribution in [2.45, 2.75) is 6.54 Å². The number of nitrogens with one attached hydrogen (secondary N) is 1. The Bertz CT molecular complexity index is 673. The number of amides is 1. The van der Waals surface area contributed by atoms with Gasteiger partial charge >= 0.3 is 5.97 Å². The molecule has 0 bridgehead atoms. The Morgan fingerprint density at radius 1 is 1.14 bits per heavy atom. The van der Waals surface area contributed by atoms with Gasteiger partial charge in [-0.2, -0.15) is 0 Å². The summed E-state index contributed by atoms with van der Waals surface area (Å²) in [6.07, 6.45) is 0. The summed E-state index contributed by atoms with van der Waals surface area (Å²) in [4.78, 5) is 23.4. The highest BCUT2D eigenvalue weighted by Crippen LogP contribution is 2.22. The molecule has 0 atom stereocenters. The summed E-state index contributed by atoms with van der Waals surface area (Å²) in [6.45, 7) is -0.0861. The highest BCUT2D eigenvalue weighted by atomic mass is 35.5. The van der Waals surface area contributed by atoms with Gasteiger partial charge in [0.1, 0.15) is 11.3 Å². The van der Waals surface area contributed by atoms with Crippen molar-refractivity contribution in [3.63, 3.8) is 0 Å². The number of phenols is 1. The molecule has 0 aliphatic rings. The van der Waals surface area contributed by atoms with E-state index in [0.29, 0.717) is 11.6 Å². The van der Waals surface area contributed by atoms with Crippen molar-refractivity contribution in [2.75, 3.05) is 6.61 Å². The van der Waals surface area contributed by atoms with Gasteiger partial charge in [-0.05, 0) is 23.8 Å². The molecule has 0 unspecified atom stereocenters. The summed E-state index contributed by atoms with van der Waals surface area (Å²) in [6, 6.07) is 13.4. The van der Waals surface area contributed by atoms with E-state index in [1.807, 2.05) is 30.3 Å². The molecule has 2 N–H and O–H groups in total. The van der Waals surface area contributed by atoms with Crippen LogP contribution in [0.5, 0.6) is 5.75 Å². The van der Waals surface area contributed by atoms with Gasteiger partial charge < -0.3 is 15.2 Å². The maximum atomic E-state index is 11.8. The monoisotopic (exact) mass is 319 g/mol. The van der Waals surface area contributed by atoms with Crippen LogP contribution in [0, 0.1) is 0 Å². The molecule has 22 heavy (non-hydrogen) atoms. The molecule has 0 spiro atoms. The predicted molar refractivity (Wildman–Crippen MR) is 81.7 cm³/mol. The van der Waals surface area contributed by atoms with Gasteiger partial charge in [-0.25, -0.2) is 4.79 Å². The molecule has 0 saturated carbocycles. The maximum Gasteiger partial charge on any atom is 0.342 e. The molecule has 0 saturated heterocycles. The lowest BCUT2D eigenvalue weighted by atomic mass is 10.2. The van der Waals surface area contributed by atoms with Gasteiger partial charge in [0.2, 0.25) is 0 Å². The average molecular weight is 320 g/mol. The normalized spacial score (nSPS) is 10.0. The maximum absolute atomic E-state index is 11.8. The van der Waals surface area contributed by atoms with Gasteiger partial charge in [-0.1, -0.05) is 41.9 Å². The average Bonchev–Trinajstić information content (AvgIpc) is 2.54. The summed E-state index contributed by atoms with van der Waals surface area (Å²) in [5.41, 5.74) is 0.859. The fourth-order valence-electron chi connectivity index (χ4n) is 1.73. The number of benzene rings is 2. The molecule has 5 nitrogen and oxygen atoms in total. The summed E-state index contributed by atoms with van der Waals surface area (Å²) in [7, 11) is 0. The van der Waals surface area contributed by atoms with E-state index < -0.39 is 18.5 Å². The molecule has 0 aliphatic carbocycles. The number of rotatable bonds is 5. The lowest BCUT2D eigenvalue weighted by Crippen LogP contribution is -2.28. The molecule has 114 valence electrons. The lowest BCUT2D eigenvalue weighted by molar-refractivity contribution is -0.124. The van der Waals surface area contributed by atoms with Gasteiger partial charge in [-0.15, -0.1) is 0 Å². The van der Waals surface area contributed by atoms with Crippen molar-refractivity contribution >= 4 is 23.5 Å². The van der Waals surface area contributed by atoms with Crippen LogP contribution < -0.4 is 5.32 Å². The number of phenolic OH excluding ortho intramolecular Hbond substituents is 1. The fraction of sp³-hybridized carbons (Fsp3) is 0.125. The molecule has 0 aromatic heterocycles. The van der Waals surface area contributed by atoms with Gasteiger partial charge in [0.15, 0.2) is 6.61 Å². The van der Waals surface area contributed by atoms with Crippen LogP contribution in [0.4, 0.5) is 0 Å².